The number of hydrogen-bond donors (Lipinski definition) is 0. The standard InChI is InChI=1S/C23H20BrClN2O3/c1-4-28-21-10-17(12-27-23-19(11-26)14(2)15(3)30-23)9-20(24)22(21)29-13-16-5-7-18(25)8-6-16/h5-10,12H,4,13H2,1-3H3. The van der Waals surface area contributed by atoms with Crippen LogP contribution in [0.25, 0.3) is 0 Å². The first-order chi connectivity index (χ1) is 14.4. The molecule has 154 valence electrons. The van der Waals surface area contributed by atoms with Crippen molar-refractivity contribution in [2.24, 2.45) is 4.99 Å². The van der Waals surface area contributed by atoms with Crippen molar-refractivity contribution in [3.8, 4) is 17.6 Å². The maximum absolute atomic E-state index is 9.34. The molecule has 5 nitrogen and oxygen atoms in total. The van der Waals surface area contributed by atoms with Crippen LogP contribution in [0.1, 0.15) is 34.9 Å². The molecule has 0 amide bonds. The van der Waals surface area contributed by atoms with Crippen molar-refractivity contribution in [2.45, 2.75) is 27.4 Å². The summed E-state index contributed by atoms with van der Waals surface area (Å²) in [5.74, 6) is 2.17. The van der Waals surface area contributed by atoms with E-state index >= 15 is 0 Å². The van der Waals surface area contributed by atoms with E-state index in [9.17, 15) is 5.26 Å². The van der Waals surface area contributed by atoms with E-state index < -0.39 is 0 Å². The molecule has 3 aromatic rings. The SMILES string of the molecule is CCOc1cc(C=Nc2oc(C)c(C)c2C#N)cc(Br)c1OCc1ccc(Cl)cc1. The lowest BCUT2D eigenvalue weighted by Gasteiger charge is -2.14. The van der Waals surface area contributed by atoms with E-state index in [1.807, 2.05) is 57.2 Å². The molecule has 1 heterocycles. The van der Waals surface area contributed by atoms with E-state index in [1.165, 1.54) is 0 Å². The van der Waals surface area contributed by atoms with Crippen molar-refractivity contribution in [3.63, 3.8) is 0 Å². The third kappa shape index (κ3) is 5.05. The minimum absolute atomic E-state index is 0.296. The lowest BCUT2D eigenvalue weighted by Crippen LogP contribution is -2.01. The number of hydrogen-bond acceptors (Lipinski definition) is 5. The summed E-state index contributed by atoms with van der Waals surface area (Å²) in [6.07, 6.45) is 1.63. The quantitative estimate of drug-likeness (QED) is 0.339. The summed E-state index contributed by atoms with van der Waals surface area (Å²) in [5, 5.41) is 10.0. The van der Waals surface area contributed by atoms with E-state index in [1.54, 1.807) is 6.21 Å². The molecular weight excluding hydrogens is 468 g/mol. The minimum atomic E-state index is 0.296. The van der Waals surface area contributed by atoms with Crippen molar-refractivity contribution in [1.82, 2.24) is 0 Å². The summed E-state index contributed by atoms with van der Waals surface area (Å²) in [4.78, 5) is 4.36. The van der Waals surface area contributed by atoms with Crippen molar-refractivity contribution >= 4 is 39.6 Å². The van der Waals surface area contributed by atoms with Crippen molar-refractivity contribution in [3.05, 3.63) is 73.9 Å². The molecule has 30 heavy (non-hydrogen) atoms. The van der Waals surface area contributed by atoms with Gasteiger partial charge in [-0.25, -0.2) is 4.99 Å². The van der Waals surface area contributed by atoms with Gasteiger partial charge in [-0.2, -0.15) is 5.26 Å². The van der Waals surface area contributed by atoms with Crippen LogP contribution in [0, 0.1) is 25.2 Å². The first kappa shape index (κ1) is 21.9. The average molecular weight is 488 g/mol. The highest BCUT2D eigenvalue weighted by Crippen LogP contribution is 2.37. The van der Waals surface area contributed by atoms with Gasteiger partial charge in [0.15, 0.2) is 11.5 Å². The summed E-state index contributed by atoms with van der Waals surface area (Å²) < 4.78 is 18.1. The predicted octanol–water partition coefficient (Wildman–Crippen LogP) is 6.91. The molecule has 0 aliphatic heterocycles. The highest BCUT2D eigenvalue weighted by molar-refractivity contribution is 9.10. The average Bonchev–Trinajstić information content (AvgIpc) is 3.00. The third-order valence-electron chi connectivity index (χ3n) is 4.44. The van der Waals surface area contributed by atoms with Gasteiger partial charge in [0.1, 0.15) is 24.0 Å². The third-order valence-corrected chi connectivity index (χ3v) is 5.28. The van der Waals surface area contributed by atoms with Gasteiger partial charge in [-0.05, 0) is 72.1 Å². The molecule has 0 unspecified atom stereocenters. The Kier molecular flexibility index (Phi) is 7.20. The molecule has 0 saturated heterocycles. The Labute approximate surface area is 189 Å². The monoisotopic (exact) mass is 486 g/mol. The van der Waals surface area contributed by atoms with E-state index in [4.69, 9.17) is 25.5 Å². The zero-order valence-corrected chi connectivity index (χ0v) is 19.2. The number of rotatable bonds is 7. The molecule has 7 heteroatoms. The van der Waals surface area contributed by atoms with Crippen LogP contribution in [-0.4, -0.2) is 12.8 Å². The van der Waals surface area contributed by atoms with Crippen molar-refractivity contribution in [1.29, 1.82) is 5.26 Å². The van der Waals surface area contributed by atoms with Gasteiger partial charge in [0.2, 0.25) is 5.88 Å². The molecule has 0 N–H and O–H groups in total. The number of nitriles is 1. The Morgan fingerprint density at radius 2 is 1.93 bits per heavy atom. The van der Waals surface area contributed by atoms with Crippen LogP contribution in [0.2, 0.25) is 5.02 Å². The smallest absolute Gasteiger partial charge is 0.237 e. The fourth-order valence-corrected chi connectivity index (χ4v) is 3.47. The molecule has 0 atom stereocenters. The van der Waals surface area contributed by atoms with Crippen LogP contribution >= 0.6 is 27.5 Å². The molecular formula is C23H20BrClN2O3. The van der Waals surface area contributed by atoms with Crippen LogP contribution < -0.4 is 9.47 Å². The topological polar surface area (TPSA) is 67.8 Å². The zero-order valence-electron chi connectivity index (χ0n) is 16.8. The molecule has 3 rings (SSSR count). The molecule has 0 bridgehead atoms. The molecule has 0 fully saturated rings. The number of benzene rings is 2. The number of aliphatic imine (C=N–C) groups is 1. The number of ether oxygens (including phenoxy) is 2. The largest absolute Gasteiger partial charge is 0.490 e. The normalized spacial score (nSPS) is 10.9. The number of halogens is 2. The van der Waals surface area contributed by atoms with Gasteiger partial charge >= 0.3 is 0 Å². The summed E-state index contributed by atoms with van der Waals surface area (Å²) in [7, 11) is 0. The maximum Gasteiger partial charge on any atom is 0.237 e. The Hall–Kier alpha value is -2.75. The van der Waals surface area contributed by atoms with E-state index in [2.05, 4.69) is 27.0 Å². The molecule has 1 aromatic heterocycles. The maximum atomic E-state index is 9.34. The summed E-state index contributed by atoms with van der Waals surface area (Å²) in [5.41, 5.74) is 3.01. The van der Waals surface area contributed by atoms with Gasteiger partial charge in [0, 0.05) is 16.8 Å². The molecule has 2 aromatic carbocycles. The van der Waals surface area contributed by atoms with Crippen LogP contribution in [0.15, 0.2) is 50.3 Å². The summed E-state index contributed by atoms with van der Waals surface area (Å²) >= 11 is 9.50. The molecule has 0 radical (unpaired) electrons. The molecule has 0 aliphatic rings. The lowest BCUT2D eigenvalue weighted by molar-refractivity contribution is 0.267. The summed E-state index contributed by atoms with van der Waals surface area (Å²) in [6, 6.07) is 13.3. The van der Waals surface area contributed by atoms with E-state index in [0.29, 0.717) is 46.9 Å². The van der Waals surface area contributed by atoms with Gasteiger partial charge in [-0.15, -0.1) is 0 Å². The Morgan fingerprint density at radius 1 is 1.20 bits per heavy atom. The Morgan fingerprint density at radius 3 is 2.60 bits per heavy atom. The Bertz CT molecular complexity index is 1110. The second kappa shape index (κ2) is 9.84. The van der Waals surface area contributed by atoms with Gasteiger partial charge < -0.3 is 13.9 Å². The fourth-order valence-electron chi connectivity index (χ4n) is 2.77. The first-order valence-corrected chi connectivity index (χ1v) is 10.5. The van der Waals surface area contributed by atoms with Crippen LogP contribution in [-0.2, 0) is 6.61 Å². The van der Waals surface area contributed by atoms with Gasteiger partial charge in [-0.3, -0.25) is 0 Å². The molecule has 0 saturated carbocycles. The first-order valence-electron chi connectivity index (χ1n) is 9.30. The van der Waals surface area contributed by atoms with Crippen molar-refractivity contribution in [2.75, 3.05) is 6.61 Å². The van der Waals surface area contributed by atoms with Gasteiger partial charge in [-0.1, -0.05) is 23.7 Å². The Balaban J connectivity index is 1.86. The zero-order chi connectivity index (χ0) is 21.7. The van der Waals surface area contributed by atoms with Crippen LogP contribution in [0.4, 0.5) is 5.88 Å². The fraction of sp³-hybridized carbons (Fsp3) is 0.217. The number of nitrogens with zero attached hydrogens (tertiary/aromatic N) is 2. The van der Waals surface area contributed by atoms with Crippen LogP contribution in [0.3, 0.4) is 0 Å². The van der Waals surface area contributed by atoms with Gasteiger partial charge in [0.25, 0.3) is 0 Å². The highest BCUT2D eigenvalue weighted by Gasteiger charge is 2.15. The minimum Gasteiger partial charge on any atom is -0.490 e. The predicted molar refractivity (Wildman–Crippen MR) is 121 cm³/mol. The highest BCUT2D eigenvalue weighted by atomic mass is 79.9. The lowest BCUT2D eigenvalue weighted by atomic mass is 10.2. The van der Waals surface area contributed by atoms with Crippen molar-refractivity contribution < 1.29 is 13.9 Å². The van der Waals surface area contributed by atoms with E-state index in [0.717, 1.165) is 21.2 Å². The van der Waals surface area contributed by atoms with Crippen LogP contribution in [0.5, 0.6) is 11.5 Å². The van der Waals surface area contributed by atoms with Gasteiger partial charge in [0.05, 0.1) is 11.1 Å². The molecule has 0 aliphatic carbocycles. The summed E-state index contributed by atoms with van der Waals surface area (Å²) in [6.45, 7) is 6.42. The number of aryl methyl sites for hydroxylation is 1. The second-order valence-electron chi connectivity index (χ2n) is 6.51. The second-order valence-corrected chi connectivity index (χ2v) is 7.80. The van der Waals surface area contributed by atoms with E-state index in [-0.39, 0.29) is 0 Å². The number of furan rings is 1. The molecule has 0 spiro atoms.